The van der Waals surface area contributed by atoms with E-state index in [9.17, 15) is 9.59 Å². The molecule has 0 bridgehead atoms. The van der Waals surface area contributed by atoms with Crippen LogP contribution in [0.5, 0.6) is 0 Å². The van der Waals surface area contributed by atoms with Crippen LogP contribution in [0.3, 0.4) is 0 Å². The first-order valence-corrected chi connectivity index (χ1v) is 8.55. The fourth-order valence-corrected chi connectivity index (χ4v) is 2.83. The van der Waals surface area contributed by atoms with Gasteiger partial charge in [-0.25, -0.2) is 9.50 Å². The fourth-order valence-electron chi connectivity index (χ4n) is 2.83. The van der Waals surface area contributed by atoms with Gasteiger partial charge in [0, 0.05) is 28.7 Å². The number of hydrogen-bond acceptors (Lipinski definition) is 4. The Balaban J connectivity index is 1.52. The van der Waals surface area contributed by atoms with Crippen LogP contribution in [-0.2, 0) is 0 Å². The molecule has 7 nitrogen and oxygen atoms in total. The quantitative estimate of drug-likeness (QED) is 0.757. The number of carbonyl (C=O) groups is 2. The van der Waals surface area contributed by atoms with Crippen molar-refractivity contribution in [2.24, 2.45) is 0 Å². The van der Waals surface area contributed by atoms with Crippen molar-refractivity contribution in [3.05, 3.63) is 59.0 Å². The number of nitrogens with one attached hydrogen (secondary N) is 2. The maximum Gasteiger partial charge on any atom is 0.261 e. The van der Waals surface area contributed by atoms with Crippen molar-refractivity contribution in [3.8, 4) is 0 Å². The lowest BCUT2D eigenvalue weighted by Gasteiger charge is -2.07. The minimum absolute atomic E-state index is 0.0804. The van der Waals surface area contributed by atoms with Crippen LogP contribution in [0.25, 0.3) is 5.65 Å². The second-order valence-corrected chi connectivity index (χ2v) is 6.61. The molecule has 0 aliphatic heterocycles. The third-order valence-electron chi connectivity index (χ3n) is 4.34. The minimum atomic E-state index is -0.285. The van der Waals surface area contributed by atoms with E-state index in [1.54, 1.807) is 28.8 Å². The summed E-state index contributed by atoms with van der Waals surface area (Å²) in [5, 5.41) is 10.0. The molecule has 0 radical (unpaired) electrons. The molecule has 0 spiro atoms. The number of nitrogens with zero attached hydrogens (tertiary/aromatic N) is 3. The van der Waals surface area contributed by atoms with E-state index in [0.29, 0.717) is 28.5 Å². The highest BCUT2D eigenvalue weighted by Gasteiger charge is 2.23. The Bertz CT molecular complexity index is 1000. The summed E-state index contributed by atoms with van der Waals surface area (Å²) >= 11 is 0. The molecular weight excluding hydrogens is 330 g/mol. The maximum absolute atomic E-state index is 12.6. The van der Waals surface area contributed by atoms with Crippen molar-refractivity contribution in [2.75, 3.05) is 5.32 Å². The SMILES string of the molecule is Cc1cc(C)n2ncc(C(=O)Nc3ccc(C(=O)NC4CC4)cc3)c2n1. The molecule has 0 atom stereocenters. The highest BCUT2D eigenvalue weighted by molar-refractivity contribution is 6.08. The second-order valence-electron chi connectivity index (χ2n) is 6.61. The molecule has 2 heterocycles. The van der Waals surface area contributed by atoms with Crippen LogP contribution in [0.1, 0.15) is 44.9 Å². The van der Waals surface area contributed by atoms with Crippen molar-refractivity contribution in [1.82, 2.24) is 19.9 Å². The summed E-state index contributed by atoms with van der Waals surface area (Å²) in [6, 6.07) is 9.07. The summed E-state index contributed by atoms with van der Waals surface area (Å²) in [4.78, 5) is 29.0. The average Bonchev–Trinajstić information content (AvgIpc) is 3.31. The Kier molecular flexibility index (Phi) is 3.91. The third kappa shape index (κ3) is 3.15. The zero-order valence-corrected chi connectivity index (χ0v) is 14.6. The van der Waals surface area contributed by atoms with Gasteiger partial charge in [-0.15, -0.1) is 0 Å². The zero-order valence-electron chi connectivity index (χ0n) is 14.6. The standard InChI is InChI=1S/C19H19N5O2/c1-11-9-12(2)24-17(21-11)16(10-20-24)19(26)23-14-5-3-13(4-6-14)18(25)22-15-7-8-15/h3-6,9-10,15H,7-8H2,1-2H3,(H,22,25)(H,23,26). The van der Waals surface area contributed by atoms with Crippen LogP contribution in [0.15, 0.2) is 36.5 Å². The van der Waals surface area contributed by atoms with Gasteiger partial charge in [0.25, 0.3) is 11.8 Å². The molecule has 0 unspecified atom stereocenters. The van der Waals surface area contributed by atoms with Crippen LogP contribution in [0, 0.1) is 13.8 Å². The van der Waals surface area contributed by atoms with E-state index in [1.807, 2.05) is 19.9 Å². The Morgan fingerprint density at radius 2 is 1.85 bits per heavy atom. The first-order chi connectivity index (χ1) is 12.5. The first-order valence-electron chi connectivity index (χ1n) is 8.55. The normalized spacial score (nSPS) is 13.6. The predicted octanol–water partition coefficient (Wildman–Crippen LogP) is 2.49. The van der Waals surface area contributed by atoms with Crippen molar-refractivity contribution < 1.29 is 9.59 Å². The molecule has 26 heavy (non-hydrogen) atoms. The molecule has 1 fully saturated rings. The van der Waals surface area contributed by atoms with Crippen molar-refractivity contribution in [2.45, 2.75) is 32.7 Å². The highest BCUT2D eigenvalue weighted by atomic mass is 16.2. The van der Waals surface area contributed by atoms with E-state index in [4.69, 9.17) is 0 Å². The molecule has 2 aromatic heterocycles. The fraction of sp³-hybridized carbons (Fsp3) is 0.263. The van der Waals surface area contributed by atoms with Gasteiger partial charge in [-0.05, 0) is 57.0 Å². The summed E-state index contributed by atoms with van der Waals surface area (Å²) in [7, 11) is 0. The van der Waals surface area contributed by atoms with Crippen LogP contribution in [-0.4, -0.2) is 32.5 Å². The van der Waals surface area contributed by atoms with E-state index in [-0.39, 0.29) is 11.8 Å². The molecule has 2 amide bonds. The second kappa shape index (κ2) is 6.25. The van der Waals surface area contributed by atoms with Gasteiger partial charge in [0.05, 0.1) is 6.20 Å². The topological polar surface area (TPSA) is 88.4 Å². The van der Waals surface area contributed by atoms with E-state index in [2.05, 4.69) is 20.7 Å². The predicted molar refractivity (Wildman–Crippen MR) is 97.3 cm³/mol. The van der Waals surface area contributed by atoms with Crippen molar-refractivity contribution >= 4 is 23.1 Å². The highest BCUT2D eigenvalue weighted by Crippen LogP contribution is 2.20. The Morgan fingerprint density at radius 1 is 1.12 bits per heavy atom. The maximum atomic E-state index is 12.6. The first kappa shape index (κ1) is 16.3. The number of hydrogen-bond donors (Lipinski definition) is 2. The van der Waals surface area contributed by atoms with Crippen LogP contribution >= 0.6 is 0 Å². The monoisotopic (exact) mass is 349 g/mol. The molecule has 2 N–H and O–H groups in total. The summed E-state index contributed by atoms with van der Waals surface area (Å²) in [6.07, 6.45) is 3.61. The summed E-state index contributed by atoms with van der Waals surface area (Å²) < 4.78 is 1.65. The average molecular weight is 349 g/mol. The van der Waals surface area contributed by atoms with Crippen LogP contribution in [0.4, 0.5) is 5.69 Å². The molecule has 4 rings (SSSR count). The molecule has 1 aliphatic rings. The van der Waals surface area contributed by atoms with Gasteiger partial charge in [-0.2, -0.15) is 5.10 Å². The summed E-state index contributed by atoms with van der Waals surface area (Å²) in [5.41, 5.74) is 3.88. The number of anilines is 1. The Labute approximate surface area is 150 Å². The summed E-state index contributed by atoms with van der Waals surface area (Å²) in [5.74, 6) is -0.365. The van der Waals surface area contributed by atoms with Gasteiger partial charge >= 0.3 is 0 Å². The number of aromatic nitrogens is 3. The number of rotatable bonds is 4. The lowest BCUT2D eigenvalue weighted by Crippen LogP contribution is -2.25. The lowest BCUT2D eigenvalue weighted by atomic mass is 10.2. The number of aryl methyl sites for hydroxylation is 2. The van der Waals surface area contributed by atoms with Crippen molar-refractivity contribution in [1.29, 1.82) is 0 Å². The molecule has 1 saturated carbocycles. The van der Waals surface area contributed by atoms with Crippen LogP contribution in [0.2, 0.25) is 0 Å². The zero-order chi connectivity index (χ0) is 18.3. The minimum Gasteiger partial charge on any atom is -0.349 e. The number of amides is 2. The number of carbonyl (C=O) groups excluding carboxylic acids is 2. The van der Waals surface area contributed by atoms with Gasteiger partial charge in [0.15, 0.2) is 5.65 Å². The molecule has 1 aliphatic carbocycles. The molecular formula is C19H19N5O2. The van der Waals surface area contributed by atoms with E-state index >= 15 is 0 Å². The lowest BCUT2D eigenvalue weighted by molar-refractivity contribution is 0.0950. The molecule has 132 valence electrons. The van der Waals surface area contributed by atoms with Gasteiger partial charge in [-0.1, -0.05) is 0 Å². The Hall–Kier alpha value is -3.22. The van der Waals surface area contributed by atoms with Gasteiger partial charge in [0.2, 0.25) is 0 Å². The van der Waals surface area contributed by atoms with E-state index in [1.165, 1.54) is 6.20 Å². The van der Waals surface area contributed by atoms with Gasteiger partial charge in [0.1, 0.15) is 5.56 Å². The van der Waals surface area contributed by atoms with Gasteiger partial charge < -0.3 is 10.6 Å². The van der Waals surface area contributed by atoms with Gasteiger partial charge in [-0.3, -0.25) is 9.59 Å². The largest absolute Gasteiger partial charge is 0.349 e. The number of benzene rings is 1. The van der Waals surface area contributed by atoms with E-state index in [0.717, 1.165) is 24.2 Å². The van der Waals surface area contributed by atoms with E-state index < -0.39 is 0 Å². The molecule has 1 aromatic carbocycles. The Morgan fingerprint density at radius 3 is 2.54 bits per heavy atom. The number of fused-ring (bicyclic) bond motifs is 1. The third-order valence-corrected chi connectivity index (χ3v) is 4.34. The molecule has 0 saturated heterocycles. The smallest absolute Gasteiger partial charge is 0.261 e. The molecule has 3 aromatic rings. The van der Waals surface area contributed by atoms with Crippen molar-refractivity contribution in [3.63, 3.8) is 0 Å². The van der Waals surface area contributed by atoms with Crippen LogP contribution < -0.4 is 10.6 Å². The summed E-state index contributed by atoms with van der Waals surface area (Å²) in [6.45, 7) is 3.80. The molecule has 7 heteroatoms.